The summed E-state index contributed by atoms with van der Waals surface area (Å²) in [4.78, 5) is 2.46. The zero-order chi connectivity index (χ0) is 13.3. The number of halogens is 1. The van der Waals surface area contributed by atoms with Gasteiger partial charge < -0.3 is 9.47 Å². The molecule has 1 aromatic carbocycles. The van der Waals surface area contributed by atoms with Gasteiger partial charge in [0.1, 0.15) is 12.4 Å². The van der Waals surface area contributed by atoms with Crippen LogP contribution in [0.15, 0.2) is 30.3 Å². The Bertz CT molecular complexity index is 339. The van der Waals surface area contributed by atoms with Gasteiger partial charge in [-0.2, -0.15) is 0 Å². The lowest BCUT2D eigenvalue weighted by Crippen LogP contribution is -2.39. The number of hydrogen-bond acceptors (Lipinski definition) is 3. The van der Waals surface area contributed by atoms with E-state index in [0.29, 0.717) is 6.10 Å². The van der Waals surface area contributed by atoms with Crippen LogP contribution in [0.4, 0.5) is 0 Å². The van der Waals surface area contributed by atoms with Gasteiger partial charge in [0.05, 0.1) is 12.7 Å². The van der Waals surface area contributed by atoms with Crippen molar-refractivity contribution < 1.29 is 9.47 Å². The minimum absolute atomic E-state index is 0.448. The second-order valence-electron chi connectivity index (χ2n) is 4.76. The molecule has 3 nitrogen and oxygen atoms in total. The van der Waals surface area contributed by atoms with Crippen molar-refractivity contribution in [1.82, 2.24) is 4.90 Å². The molecule has 0 aromatic heterocycles. The molecule has 1 aliphatic heterocycles. The molecule has 4 heteroatoms. The highest BCUT2D eigenvalue weighted by molar-refractivity contribution is 9.09. The second-order valence-corrected chi connectivity index (χ2v) is 5.56. The summed E-state index contributed by atoms with van der Waals surface area (Å²) >= 11 is 3.39. The lowest BCUT2D eigenvalue weighted by atomic mass is 10.1. The fourth-order valence-electron chi connectivity index (χ4n) is 2.32. The third-order valence-corrected chi connectivity index (χ3v) is 3.71. The van der Waals surface area contributed by atoms with Crippen LogP contribution in [0.3, 0.4) is 0 Å². The molecular weight excluding hydrogens is 306 g/mol. The highest BCUT2D eigenvalue weighted by atomic mass is 79.9. The maximum absolute atomic E-state index is 5.75. The van der Waals surface area contributed by atoms with Gasteiger partial charge in [-0.05, 0) is 25.0 Å². The molecule has 0 N–H and O–H groups in total. The molecule has 1 aliphatic rings. The largest absolute Gasteiger partial charge is 0.492 e. The van der Waals surface area contributed by atoms with Crippen molar-refractivity contribution in [2.45, 2.75) is 18.9 Å². The van der Waals surface area contributed by atoms with Gasteiger partial charge in [-0.1, -0.05) is 34.1 Å². The Morgan fingerprint density at radius 1 is 1.11 bits per heavy atom. The van der Waals surface area contributed by atoms with Crippen LogP contribution in [0.2, 0.25) is 0 Å². The lowest BCUT2D eigenvalue weighted by molar-refractivity contribution is 0.0135. The van der Waals surface area contributed by atoms with Crippen molar-refractivity contribution in [3.05, 3.63) is 30.3 Å². The summed E-state index contributed by atoms with van der Waals surface area (Å²) < 4.78 is 11.5. The van der Waals surface area contributed by atoms with Gasteiger partial charge in [-0.15, -0.1) is 0 Å². The van der Waals surface area contributed by atoms with Crippen molar-refractivity contribution in [3.8, 4) is 5.75 Å². The minimum atomic E-state index is 0.448. The number of nitrogens with zero attached hydrogens (tertiary/aromatic N) is 1. The number of benzene rings is 1. The number of piperidine rings is 1. The molecule has 1 saturated heterocycles. The Morgan fingerprint density at radius 2 is 1.84 bits per heavy atom. The van der Waals surface area contributed by atoms with E-state index in [4.69, 9.17) is 9.47 Å². The third kappa shape index (κ3) is 5.51. The molecule has 19 heavy (non-hydrogen) atoms. The van der Waals surface area contributed by atoms with Gasteiger partial charge in [-0.3, -0.25) is 4.90 Å². The average molecular weight is 328 g/mol. The highest BCUT2D eigenvalue weighted by Crippen LogP contribution is 2.14. The summed E-state index contributed by atoms with van der Waals surface area (Å²) in [6.45, 7) is 4.81. The van der Waals surface area contributed by atoms with E-state index in [1.807, 2.05) is 30.3 Å². The molecule has 0 bridgehead atoms. The standard InChI is InChI=1S/C15H22BrNO2/c16-8-12-18-15-6-9-17(10-7-15)11-13-19-14-4-2-1-3-5-14/h1-5,15H,6-13H2. The number of hydrogen-bond donors (Lipinski definition) is 0. The Hall–Kier alpha value is -0.580. The highest BCUT2D eigenvalue weighted by Gasteiger charge is 2.19. The van der Waals surface area contributed by atoms with E-state index < -0.39 is 0 Å². The van der Waals surface area contributed by atoms with Gasteiger partial charge in [0.25, 0.3) is 0 Å². The molecule has 1 fully saturated rings. The zero-order valence-electron chi connectivity index (χ0n) is 11.3. The van der Waals surface area contributed by atoms with Crippen molar-refractivity contribution in [2.24, 2.45) is 0 Å². The first kappa shape index (κ1) is 14.8. The minimum Gasteiger partial charge on any atom is -0.492 e. The molecule has 1 aromatic rings. The van der Waals surface area contributed by atoms with Crippen LogP contribution in [0, 0.1) is 0 Å². The Morgan fingerprint density at radius 3 is 2.53 bits per heavy atom. The molecule has 2 rings (SSSR count). The fourth-order valence-corrected chi connectivity index (χ4v) is 2.51. The summed E-state index contributed by atoms with van der Waals surface area (Å²) in [6, 6.07) is 10.0. The third-order valence-electron chi connectivity index (χ3n) is 3.38. The zero-order valence-corrected chi connectivity index (χ0v) is 12.8. The molecule has 0 aliphatic carbocycles. The van der Waals surface area contributed by atoms with Crippen LogP contribution >= 0.6 is 15.9 Å². The fraction of sp³-hybridized carbons (Fsp3) is 0.600. The van der Waals surface area contributed by atoms with Crippen molar-refractivity contribution in [1.29, 1.82) is 0 Å². The van der Waals surface area contributed by atoms with Crippen LogP contribution in [0.5, 0.6) is 5.75 Å². The van der Waals surface area contributed by atoms with Gasteiger partial charge in [0.15, 0.2) is 0 Å². The van der Waals surface area contributed by atoms with Gasteiger partial charge in [0, 0.05) is 25.0 Å². The SMILES string of the molecule is BrCCOC1CCN(CCOc2ccccc2)CC1. The molecule has 0 spiro atoms. The van der Waals surface area contributed by atoms with Crippen LogP contribution in [-0.4, -0.2) is 49.2 Å². The topological polar surface area (TPSA) is 21.7 Å². The Labute approximate surface area is 124 Å². The predicted octanol–water partition coefficient (Wildman–Crippen LogP) is 2.94. The van der Waals surface area contributed by atoms with E-state index >= 15 is 0 Å². The van der Waals surface area contributed by atoms with Crippen molar-refractivity contribution >= 4 is 15.9 Å². The average Bonchev–Trinajstić information content (AvgIpc) is 2.47. The van der Waals surface area contributed by atoms with Crippen LogP contribution < -0.4 is 4.74 Å². The van der Waals surface area contributed by atoms with E-state index in [1.165, 1.54) is 0 Å². The number of likely N-dealkylation sites (tertiary alicyclic amines) is 1. The summed E-state index contributed by atoms with van der Waals surface area (Å²) in [5.41, 5.74) is 0. The molecule has 0 radical (unpaired) electrons. The molecule has 0 saturated carbocycles. The first-order chi connectivity index (χ1) is 9.38. The van der Waals surface area contributed by atoms with E-state index in [1.54, 1.807) is 0 Å². The lowest BCUT2D eigenvalue weighted by Gasteiger charge is -2.31. The first-order valence-corrected chi connectivity index (χ1v) is 8.08. The number of ether oxygens (including phenoxy) is 2. The summed E-state index contributed by atoms with van der Waals surface area (Å²) in [5.74, 6) is 0.957. The maximum Gasteiger partial charge on any atom is 0.119 e. The van der Waals surface area contributed by atoms with E-state index in [-0.39, 0.29) is 0 Å². The van der Waals surface area contributed by atoms with Crippen molar-refractivity contribution in [2.75, 3.05) is 38.2 Å². The van der Waals surface area contributed by atoms with Crippen LogP contribution in [-0.2, 0) is 4.74 Å². The van der Waals surface area contributed by atoms with Gasteiger partial charge >= 0.3 is 0 Å². The Balaban J connectivity index is 1.58. The summed E-state index contributed by atoms with van der Waals surface area (Å²) in [5, 5.41) is 0.929. The molecule has 1 heterocycles. The number of alkyl halides is 1. The molecule has 0 amide bonds. The second kappa shape index (κ2) is 8.56. The predicted molar refractivity (Wildman–Crippen MR) is 81.1 cm³/mol. The summed E-state index contributed by atoms with van der Waals surface area (Å²) in [7, 11) is 0. The van der Waals surface area contributed by atoms with E-state index in [9.17, 15) is 0 Å². The van der Waals surface area contributed by atoms with Crippen LogP contribution in [0.1, 0.15) is 12.8 Å². The molecular formula is C15H22BrNO2. The maximum atomic E-state index is 5.75. The number of rotatable bonds is 7. The van der Waals surface area contributed by atoms with Gasteiger partial charge in [0.2, 0.25) is 0 Å². The summed E-state index contributed by atoms with van der Waals surface area (Å²) in [6.07, 6.45) is 2.72. The molecule has 106 valence electrons. The monoisotopic (exact) mass is 327 g/mol. The molecule has 0 atom stereocenters. The number of para-hydroxylation sites is 1. The van der Waals surface area contributed by atoms with E-state index in [0.717, 1.165) is 56.8 Å². The normalized spacial score (nSPS) is 17.5. The quantitative estimate of drug-likeness (QED) is 0.719. The van der Waals surface area contributed by atoms with Gasteiger partial charge in [-0.25, -0.2) is 0 Å². The smallest absolute Gasteiger partial charge is 0.119 e. The first-order valence-electron chi connectivity index (χ1n) is 6.96. The molecule has 0 unspecified atom stereocenters. The van der Waals surface area contributed by atoms with Crippen molar-refractivity contribution in [3.63, 3.8) is 0 Å². The van der Waals surface area contributed by atoms with E-state index in [2.05, 4.69) is 20.8 Å². The Kier molecular flexibility index (Phi) is 6.68. The van der Waals surface area contributed by atoms with Crippen LogP contribution in [0.25, 0.3) is 0 Å².